The van der Waals surface area contributed by atoms with Crippen LogP contribution in [-0.4, -0.2) is 17.1 Å². The molecule has 1 atom stereocenters. The number of benzene rings is 2. The van der Waals surface area contributed by atoms with Gasteiger partial charge in [0.05, 0.1) is 27.8 Å². The van der Waals surface area contributed by atoms with Gasteiger partial charge in [0.1, 0.15) is 5.82 Å². The minimum atomic E-state index is -0.595. The summed E-state index contributed by atoms with van der Waals surface area (Å²) in [5.74, 6) is -0.381. The lowest BCUT2D eigenvalue weighted by molar-refractivity contribution is -0.113. The van der Waals surface area contributed by atoms with Gasteiger partial charge in [0.2, 0.25) is 0 Å². The molecule has 5 nitrogen and oxygen atoms in total. The average molecular weight is 468 g/mol. The topological polar surface area (TPSA) is 62.4 Å². The standard InChI is InChI=1S/C21H20Cl2FN3O2S/c1-10(2)29-19-15(22)8-12(9-16(19)23)18-17(11(3)25-21(30)27-18)20(28)26-14-6-4-13(24)5-7-14/h4-10,18H,1-3H3,(H,26,28)(H2,25,27,30). The van der Waals surface area contributed by atoms with Gasteiger partial charge in [-0.3, -0.25) is 4.79 Å². The molecule has 9 heteroatoms. The number of anilines is 1. The molecule has 0 radical (unpaired) electrons. The molecule has 0 fully saturated rings. The van der Waals surface area contributed by atoms with Gasteiger partial charge < -0.3 is 20.7 Å². The van der Waals surface area contributed by atoms with E-state index in [1.165, 1.54) is 24.3 Å². The number of halogens is 3. The van der Waals surface area contributed by atoms with Crippen molar-refractivity contribution in [3.8, 4) is 5.75 Å². The predicted octanol–water partition coefficient (Wildman–Crippen LogP) is 5.35. The van der Waals surface area contributed by atoms with Crippen LogP contribution in [0.3, 0.4) is 0 Å². The highest BCUT2D eigenvalue weighted by Gasteiger charge is 2.31. The summed E-state index contributed by atoms with van der Waals surface area (Å²) < 4.78 is 18.8. The summed E-state index contributed by atoms with van der Waals surface area (Å²) >= 11 is 18.1. The summed E-state index contributed by atoms with van der Waals surface area (Å²) in [5.41, 5.74) is 2.09. The molecule has 0 bridgehead atoms. The van der Waals surface area contributed by atoms with E-state index in [0.717, 1.165) is 0 Å². The Balaban J connectivity index is 1.97. The van der Waals surface area contributed by atoms with Gasteiger partial charge in [-0.05, 0) is 75.0 Å². The maximum Gasteiger partial charge on any atom is 0.255 e. The number of ether oxygens (including phenoxy) is 1. The number of thiocarbonyl (C=S) groups is 1. The van der Waals surface area contributed by atoms with Crippen LogP contribution >= 0.6 is 35.4 Å². The van der Waals surface area contributed by atoms with Gasteiger partial charge in [0.25, 0.3) is 5.91 Å². The maximum absolute atomic E-state index is 13.2. The minimum Gasteiger partial charge on any atom is -0.488 e. The molecule has 3 N–H and O–H groups in total. The molecule has 0 saturated carbocycles. The summed E-state index contributed by atoms with van der Waals surface area (Å²) in [6.07, 6.45) is -0.102. The molecular formula is C21H20Cl2FN3O2S. The van der Waals surface area contributed by atoms with Crippen molar-refractivity contribution >= 4 is 52.1 Å². The fraction of sp³-hybridized carbons (Fsp3) is 0.238. The van der Waals surface area contributed by atoms with E-state index in [0.29, 0.717) is 43.4 Å². The lowest BCUT2D eigenvalue weighted by Crippen LogP contribution is -2.45. The predicted molar refractivity (Wildman–Crippen MR) is 122 cm³/mol. The first-order chi connectivity index (χ1) is 14.2. The van der Waals surface area contributed by atoms with E-state index in [1.54, 1.807) is 19.1 Å². The molecular weight excluding hydrogens is 448 g/mol. The van der Waals surface area contributed by atoms with Gasteiger partial charge in [-0.1, -0.05) is 23.2 Å². The number of hydrogen-bond acceptors (Lipinski definition) is 3. The molecule has 30 heavy (non-hydrogen) atoms. The number of amides is 1. The Labute approximate surface area is 189 Å². The van der Waals surface area contributed by atoms with Crippen molar-refractivity contribution in [2.45, 2.75) is 32.9 Å². The van der Waals surface area contributed by atoms with Crippen LogP contribution in [0.2, 0.25) is 10.0 Å². The summed E-state index contributed by atoms with van der Waals surface area (Å²) in [6.45, 7) is 5.49. The third-order valence-corrected chi connectivity index (χ3v) is 5.10. The number of carbonyl (C=O) groups is 1. The van der Waals surface area contributed by atoms with Crippen molar-refractivity contribution in [2.24, 2.45) is 0 Å². The van der Waals surface area contributed by atoms with Crippen molar-refractivity contribution in [1.82, 2.24) is 10.6 Å². The summed E-state index contributed by atoms with van der Waals surface area (Å²) in [5, 5.41) is 9.84. The molecule has 0 saturated heterocycles. The smallest absolute Gasteiger partial charge is 0.255 e. The first kappa shape index (κ1) is 22.3. The van der Waals surface area contributed by atoms with Crippen molar-refractivity contribution < 1.29 is 13.9 Å². The maximum atomic E-state index is 13.2. The normalized spacial score (nSPS) is 16.2. The molecule has 0 aliphatic carbocycles. The lowest BCUT2D eigenvalue weighted by atomic mass is 9.94. The zero-order valence-electron chi connectivity index (χ0n) is 16.5. The molecule has 1 unspecified atom stereocenters. The van der Waals surface area contributed by atoms with Crippen LogP contribution < -0.4 is 20.7 Å². The lowest BCUT2D eigenvalue weighted by Gasteiger charge is -2.31. The zero-order valence-corrected chi connectivity index (χ0v) is 18.8. The van der Waals surface area contributed by atoms with Crippen LogP contribution in [0.4, 0.5) is 10.1 Å². The Morgan fingerprint density at radius 2 is 1.80 bits per heavy atom. The Kier molecular flexibility index (Phi) is 6.85. The highest BCUT2D eigenvalue weighted by atomic mass is 35.5. The molecule has 1 aliphatic rings. The Hall–Kier alpha value is -2.35. The van der Waals surface area contributed by atoms with E-state index in [1.807, 2.05) is 13.8 Å². The van der Waals surface area contributed by atoms with Gasteiger partial charge in [-0.25, -0.2) is 4.39 Å². The molecule has 3 rings (SSSR count). The van der Waals surface area contributed by atoms with Crippen LogP contribution in [-0.2, 0) is 4.79 Å². The van der Waals surface area contributed by atoms with E-state index in [4.69, 9.17) is 40.2 Å². The highest BCUT2D eigenvalue weighted by Crippen LogP contribution is 2.39. The second kappa shape index (κ2) is 9.20. The molecule has 2 aromatic rings. The number of carbonyl (C=O) groups excluding carboxylic acids is 1. The Bertz CT molecular complexity index is 1000. The third-order valence-electron chi connectivity index (χ3n) is 4.32. The van der Waals surface area contributed by atoms with Gasteiger partial charge in [-0.15, -0.1) is 0 Å². The largest absolute Gasteiger partial charge is 0.488 e. The van der Waals surface area contributed by atoms with Crippen molar-refractivity contribution in [3.05, 3.63) is 69.1 Å². The second-order valence-electron chi connectivity index (χ2n) is 7.01. The Morgan fingerprint density at radius 1 is 1.20 bits per heavy atom. The van der Waals surface area contributed by atoms with Crippen molar-refractivity contribution in [2.75, 3.05) is 5.32 Å². The van der Waals surface area contributed by atoms with Gasteiger partial charge >= 0.3 is 0 Å². The van der Waals surface area contributed by atoms with E-state index in [9.17, 15) is 9.18 Å². The molecule has 2 aromatic carbocycles. The van der Waals surface area contributed by atoms with Crippen LogP contribution in [0.1, 0.15) is 32.4 Å². The summed E-state index contributed by atoms with van der Waals surface area (Å²) in [7, 11) is 0. The summed E-state index contributed by atoms with van der Waals surface area (Å²) in [4.78, 5) is 13.1. The fourth-order valence-electron chi connectivity index (χ4n) is 3.07. The van der Waals surface area contributed by atoms with Crippen LogP contribution in [0.25, 0.3) is 0 Å². The fourth-order valence-corrected chi connectivity index (χ4v) is 3.93. The first-order valence-electron chi connectivity index (χ1n) is 9.16. The molecule has 1 amide bonds. The van der Waals surface area contributed by atoms with Gasteiger partial charge in [-0.2, -0.15) is 0 Å². The van der Waals surface area contributed by atoms with Gasteiger partial charge in [0.15, 0.2) is 10.9 Å². The first-order valence-corrected chi connectivity index (χ1v) is 10.3. The van der Waals surface area contributed by atoms with Crippen LogP contribution in [0.15, 0.2) is 47.7 Å². The van der Waals surface area contributed by atoms with E-state index in [2.05, 4.69) is 16.0 Å². The minimum absolute atomic E-state index is 0.102. The quantitative estimate of drug-likeness (QED) is 0.517. The zero-order chi connectivity index (χ0) is 22.0. The van der Waals surface area contributed by atoms with Crippen LogP contribution in [0.5, 0.6) is 5.75 Å². The summed E-state index contributed by atoms with van der Waals surface area (Å²) in [6, 6.07) is 8.30. The van der Waals surface area contributed by atoms with Gasteiger partial charge in [0, 0.05) is 11.4 Å². The third kappa shape index (κ3) is 5.03. The molecule has 158 valence electrons. The Morgan fingerprint density at radius 3 is 2.37 bits per heavy atom. The number of rotatable bonds is 5. The van der Waals surface area contributed by atoms with Crippen LogP contribution in [0, 0.1) is 5.82 Å². The van der Waals surface area contributed by atoms with Crippen molar-refractivity contribution in [1.29, 1.82) is 0 Å². The highest BCUT2D eigenvalue weighted by molar-refractivity contribution is 7.80. The molecule has 0 spiro atoms. The molecule has 0 aromatic heterocycles. The number of hydrogen-bond donors (Lipinski definition) is 3. The number of nitrogens with one attached hydrogen (secondary N) is 3. The molecule has 1 aliphatic heterocycles. The number of allylic oxidation sites excluding steroid dienone is 1. The van der Waals surface area contributed by atoms with E-state index < -0.39 is 6.04 Å². The average Bonchev–Trinajstić information content (AvgIpc) is 2.65. The van der Waals surface area contributed by atoms with E-state index in [-0.39, 0.29) is 17.8 Å². The van der Waals surface area contributed by atoms with Crippen molar-refractivity contribution in [3.63, 3.8) is 0 Å². The monoisotopic (exact) mass is 467 g/mol. The van der Waals surface area contributed by atoms with E-state index >= 15 is 0 Å². The molecule has 1 heterocycles. The SMILES string of the molecule is CC1=C(C(=O)Nc2ccc(F)cc2)C(c2cc(Cl)c(OC(C)C)c(Cl)c2)NC(=S)N1. The second-order valence-corrected chi connectivity index (χ2v) is 8.23.